The van der Waals surface area contributed by atoms with Crippen molar-refractivity contribution in [3.8, 4) is 0 Å². The molecule has 0 bridgehead atoms. The first kappa shape index (κ1) is 12.4. The minimum atomic E-state index is -0.168. The molecule has 0 saturated heterocycles. The fourth-order valence-electron chi connectivity index (χ4n) is 1.62. The standard InChI is InChI=1S/C14H16N2O2/c1-10(15-2)11-3-5-13(6-4-11)16-14(17)12-7-8-18-9-12/h3-10,15H,1-2H3,(H,16,17). The maximum Gasteiger partial charge on any atom is 0.258 e. The van der Waals surface area contributed by atoms with Crippen LogP contribution >= 0.6 is 0 Å². The number of carbonyl (C=O) groups is 1. The Morgan fingerprint density at radius 2 is 1.94 bits per heavy atom. The van der Waals surface area contributed by atoms with Gasteiger partial charge in [0.25, 0.3) is 5.91 Å². The first-order valence-corrected chi connectivity index (χ1v) is 5.81. The molecule has 0 aliphatic rings. The van der Waals surface area contributed by atoms with Gasteiger partial charge in [-0.1, -0.05) is 12.1 Å². The van der Waals surface area contributed by atoms with E-state index in [0.29, 0.717) is 11.6 Å². The molecule has 4 nitrogen and oxygen atoms in total. The summed E-state index contributed by atoms with van der Waals surface area (Å²) < 4.78 is 4.87. The van der Waals surface area contributed by atoms with Gasteiger partial charge in [-0.15, -0.1) is 0 Å². The van der Waals surface area contributed by atoms with Crippen LogP contribution in [0.25, 0.3) is 0 Å². The Morgan fingerprint density at radius 1 is 1.22 bits per heavy atom. The summed E-state index contributed by atoms with van der Waals surface area (Å²) in [6.45, 7) is 2.08. The third-order valence-corrected chi connectivity index (χ3v) is 2.88. The highest BCUT2D eigenvalue weighted by Crippen LogP contribution is 2.16. The van der Waals surface area contributed by atoms with E-state index in [9.17, 15) is 4.79 Å². The number of hydrogen-bond donors (Lipinski definition) is 2. The number of carbonyl (C=O) groups excluding carboxylic acids is 1. The van der Waals surface area contributed by atoms with Crippen molar-refractivity contribution in [2.45, 2.75) is 13.0 Å². The van der Waals surface area contributed by atoms with Crippen LogP contribution in [0.15, 0.2) is 47.3 Å². The number of anilines is 1. The molecule has 2 aromatic rings. The first-order chi connectivity index (χ1) is 8.70. The molecule has 2 rings (SSSR count). The minimum Gasteiger partial charge on any atom is -0.472 e. The summed E-state index contributed by atoms with van der Waals surface area (Å²) in [6, 6.07) is 9.69. The Kier molecular flexibility index (Phi) is 3.79. The van der Waals surface area contributed by atoms with E-state index in [0.717, 1.165) is 5.69 Å². The van der Waals surface area contributed by atoms with Gasteiger partial charge in [0, 0.05) is 11.7 Å². The van der Waals surface area contributed by atoms with Gasteiger partial charge in [0.1, 0.15) is 6.26 Å². The molecule has 2 N–H and O–H groups in total. The van der Waals surface area contributed by atoms with Gasteiger partial charge in [-0.05, 0) is 37.7 Å². The molecular formula is C14H16N2O2. The topological polar surface area (TPSA) is 54.3 Å². The molecule has 0 fully saturated rings. The van der Waals surface area contributed by atoms with Crippen LogP contribution in [0, 0.1) is 0 Å². The molecule has 0 radical (unpaired) electrons. The van der Waals surface area contributed by atoms with E-state index in [2.05, 4.69) is 17.6 Å². The molecule has 94 valence electrons. The average molecular weight is 244 g/mol. The lowest BCUT2D eigenvalue weighted by Crippen LogP contribution is -2.13. The van der Waals surface area contributed by atoms with Crippen molar-refractivity contribution in [3.63, 3.8) is 0 Å². The fraction of sp³-hybridized carbons (Fsp3) is 0.214. The Labute approximate surface area is 106 Å². The molecule has 4 heteroatoms. The highest BCUT2D eigenvalue weighted by Gasteiger charge is 2.07. The van der Waals surface area contributed by atoms with Crippen molar-refractivity contribution in [1.29, 1.82) is 0 Å². The Balaban J connectivity index is 2.04. The van der Waals surface area contributed by atoms with Gasteiger partial charge >= 0.3 is 0 Å². The maximum absolute atomic E-state index is 11.8. The van der Waals surface area contributed by atoms with Crippen LogP contribution in [0.4, 0.5) is 5.69 Å². The average Bonchev–Trinajstić information content (AvgIpc) is 2.92. The second-order valence-electron chi connectivity index (χ2n) is 4.10. The molecule has 18 heavy (non-hydrogen) atoms. The van der Waals surface area contributed by atoms with Gasteiger partial charge in [0.15, 0.2) is 0 Å². The number of benzene rings is 1. The third kappa shape index (κ3) is 2.78. The third-order valence-electron chi connectivity index (χ3n) is 2.88. The smallest absolute Gasteiger partial charge is 0.258 e. The molecule has 0 saturated carbocycles. The van der Waals surface area contributed by atoms with E-state index in [4.69, 9.17) is 4.42 Å². The summed E-state index contributed by atoms with van der Waals surface area (Å²) in [5.74, 6) is -0.168. The monoisotopic (exact) mass is 244 g/mol. The van der Waals surface area contributed by atoms with Crippen LogP contribution in [0.2, 0.25) is 0 Å². The molecule has 0 aliphatic carbocycles. The zero-order valence-corrected chi connectivity index (χ0v) is 10.4. The quantitative estimate of drug-likeness (QED) is 0.869. The fourth-order valence-corrected chi connectivity index (χ4v) is 1.62. The lowest BCUT2D eigenvalue weighted by atomic mass is 10.1. The molecule has 0 aliphatic heterocycles. The van der Waals surface area contributed by atoms with Gasteiger partial charge in [0.2, 0.25) is 0 Å². The number of furan rings is 1. The molecular weight excluding hydrogens is 228 g/mol. The van der Waals surface area contributed by atoms with Crippen LogP contribution in [-0.4, -0.2) is 13.0 Å². The number of rotatable bonds is 4. The Hall–Kier alpha value is -2.07. The van der Waals surface area contributed by atoms with Crippen molar-refractivity contribution in [2.24, 2.45) is 0 Å². The molecule has 1 heterocycles. The van der Waals surface area contributed by atoms with E-state index >= 15 is 0 Å². The zero-order valence-electron chi connectivity index (χ0n) is 10.4. The number of amides is 1. The van der Waals surface area contributed by atoms with E-state index in [-0.39, 0.29) is 5.91 Å². The SMILES string of the molecule is CNC(C)c1ccc(NC(=O)c2ccoc2)cc1. The van der Waals surface area contributed by atoms with Gasteiger partial charge in [-0.2, -0.15) is 0 Å². The van der Waals surface area contributed by atoms with Crippen LogP contribution in [0.3, 0.4) is 0 Å². The Morgan fingerprint density at radius 3 is 2.50 bits per heavy atom. The summed E-state index contributed by atoms with van der Waals surface area (Å²) in [5, 5.41) is 5.97. The van der Waals surface area contributed by atoms with E-state index in [1.54, 1.807) is 6.07 Å². The van der Waals surface area contributed by atoms with Crippen LogP contribution in [0.5, 0.6) is 0 Å². The van der Waals surface area contributed by atoms with Gasteiger partial charge < -0.3 is 15.1 Å². The van der Waals surface area contributed by atoms with Crippen molar-refractivity contribution < 1.29 is 9.21 Å². The lowest BCUT2D eigenvalue weighted by molar-refractivity contribution is 0.102. The maximum atomic E-state index is 11.8. The number of hydrogen-bond acceptors (Lipinski definition) is 3. The molecule has 1 atom stereocenters. The van der Waals surface area contributed by atoms with E-state index in [1.165, 1.54) is 18.1 Å². The molecule has 0 spiro atoms. The first-order valence-electron chi connectivity index (χ1n) is 5.81. The summed E-state index contributed by atoms with van der Waals surface area (Å²) in [7, 11) is 1.92. The van der Waals surface area contributed by atoms with E-state index < -0.39 is 0 Å². The lowest BCUT2D eigenvalue weighted by Gasteiger charge is -2.11. The second kappa shape index (κ2) is 5.51. The molecule has 1 amide bonds. The van der Waals surface area contributed by atoms with E-state index in [1.807, 2.05) is 31.3 Å². The van der Waals surface area contributed by atoms with Crippen molar-refractivity contribution in [1.82, 2.24) is 5.32 Å². The van der Waals surface area contributed by atoms with Gasteiger partial charge in [0.05, 0.1) is 11.8 Å². The largest absolute Gasteiger partial charge is 0.472 e. The van der Waals surface area contributed by atoms with Crippen molar-refractivity contribution >= 4 is 11.6 Å². The van der Waals surface area contributed by atoms with Crippen LogP contribution < -0.4 is 10.6 Å². The minimum absolute atomic E-state index is 0.168. The van der Waals surface area contributed by atoms with Crippen LogP contribution in [0.1, 0.15) is 28.9 Å². The Bertz CT molecular complexity index is 503. The van der Waals surface area contributed by atoms with Crippen LogP contribution in [-0.2, 0) is 0 Å². The second-order valence-corrected chi connectivity index (χ2v) is 4.10. The summed E-state index contributed by atoms with van der Waals surface area (Å²) >= 11 is 0. The van der Waals surface area contributed by atoms with Crippen molar-refractivity contribution in [2.75, 3.05) is 12.4 Å². The molecule has 1 aromatic heterocycles. The highest BCUT2D eigenvalue weighted by atomic mass is 16.3. The number of nitrogens with one attached hydrogen (secondary N) is 2. The normalized spacial score (nSPS) is 12.1. The molecule has 1 aromatic carbocycles. The molecule has 1 unspecified atom stereocenters. The highest BCUT2D eigenvalue weighted by molar-refractivity contribution is 6.03. The van der Waals surface area contributed by atoms with Gasteiger partial charge in [-0.25, -0.2) is 0 Å². The zero-order chi connectivity index (χ0) is 13.0. The summed E-state index contributed by atoms with van der Waals surface area (Å²) in [4.78, 5) is 11.8. The predicted molar refractivity (Wildman–Crippen MR) is 70.6 cm³/mol. The summed E-state index contributed by atoms with van der Waals surface area (Å²) in [6.07, 6.45) is 2.90. The predicted octanol–water partition coefficient (Wildman–Crippen LogP) is 2.81. The van der Waals surface area contributed by atoms with Crippen molar-refractivity contribution in [3.05, 3.63) is 54.0 Å². The summed E-state index contributed by atoms with van der Waals surface area (Å²) in [5.41, 5.74) is 2.47. The van der Waals surface area contributed by atoms with Gasteiger partial charge in [-0.3, -0.25) is 4.79 Å².